The zero-order valence-corrected chi connectivity index (χ0v) is 30.2. The number of H-pyrrole nitrogens is 1. The Bertz CT molecular complexity index is 1740. The SMILES string of the molecule is C[C@@H](O)[C@H]1NC(=O)[C@H](CCCCN)NC(=O)[C@@H](Cc2c[nH]c3ccccc23)NC(=O)[C@H](Cc2ccccc2)NC(=O)[C@@H](N)CSC[C@H](C(=O)O)NC1=O. The van der Waals surface area contributed by atoms with Crippen LogP contribution >= 0.6 is 11.8 Å². The average Bonchev–Trinajstić information content (AvgIpc) is 3.54. The number of carbonyl (C=O) groups excluding carboxylic acids is 5. The Hall–Kier alpha value is -4.97. The molecule has 1 aliphatic heterocycles. The number of carbonyl (C=O) groups is 6. The van der Waals surface area contributed by atoms with Crippen molar-refractivity contribution in [2.45, 2.75) is 81.4 Å². The molecule has 0 bridgehead atoms. The van der Waals surface area contributed by atoms with E-state index in [0.29, 0.717) is 24.9 Å². The number of aromatic nitrogens is 1. The van der Waals surface area contributed by atoms with Crippen LogP contribution in [0.25, 0.3) is 10.9 Å². The van der Waals surface area contributed by atoms with Gasteiger partial charge in [0.2, 0.25) is 29.5 Å². The van der Waals surface area contributed by atoms with Crippen molar-refractivity contribution in [3.63, 3.8) is 0 Å². The van der Waals surface area contributed by atoms with Crippen molar-refractivity contribution in [1.29, 1.82) is 0 Å². The Morgan fingerprint density at radius 3 is 2.09 bits per heavy atom. The third kappa shape index (κ3) is 11.8. The van der Waals surface area contributed by atoms with Crippen LogP contribution < -0.4 is 38.1 Å². The number of thioether (sulfide) groups is 1. The first-order chi connectivity index (χ1) is 25.4. The molecule has 1 aromatic heterocycles. The summed E-state index contributed by atoms with van der Waals surface area (Å²) in [5.74, 6) is -5.55. The highest BCUT2D eigenvalue weighted by Gasteiger charge is 2.35. The highest BCUT2D eigenvalue weighted by atomic mass is 32.2. The van der Waals surface area contributed by atoms with Crippen molar-refractivity contribution in [2.75, 3.05) is 18.1 Å². The van der Waals surface area contributed by atoms with Gasteiger partial charge in [-0.25, -0.2) is 4.79 Å². The van der Waals surface area contributed by atoms with E-state index in [4.69, 9.17) is 11.5 Å². The number of hydrogen-bond acceptors (Lipinski definition) is 10. The summed E-state index contributed by atoms with van der Waals surface area (Å²) in [6, 6.07) is 8.45. The molecular weight excluding hydrogens is 705 g/mol. The summed E-state index contributed by atoms with van der Waals surface area (Å²) in [7, 11) is 0. The molecule has 5 amide bonds. The van der Waals surface area contributed by atoms with E-state index in [1.807, 2.05) is 24.3 Å². The fraction of sp³-hybridized carbons (Fsp3) is 0.444. The number of nitrogens with one attached hydrogen (secondary N) is 6. The topological polar surface area (TPSA) is 271 Å². The Kier molecular flexibility index (Phi) is 15.2. The first-order valence-corrected chi connectivity index (χ1v) is 18.6. The molecule has 0 radical (unpaired) electrons. The van der Waals surface area contributed by atoms with Crippen LogP contribution in [0.2, 0.25) is 0 Å². The number of nitrogens with two attached hydrogens (primary N) is 2. The van der Waals surface area contributed by atoms with E-state index in [-0.39, 0.29) is 30.8 Å². The number of unbranched alkanes of at least 4 members (excludes halogenated alkanes) is 1. The normalized spacial score (nSPS) is 24.7. The van der Waals surface area contributed by atoms with Gasteiger partial charge in [-0.1, -0.05) is 48.5 Å². The van der Waals surface area contributed by atoms with Gasteiger partial charge in [-0.05, 0) is 49.9 Å². The smallest absolute Gasteiger partial charge is 0.327 e. The van der Waals surface area contributed by atoms with Crippen LogP contribution in [0.15, 0.2) is 60.8 Å². The molecule has 3 aromatic rings. The maximum absolute atomic E-state index is 14.2. The van der Waals surface area contributed by atoms with Crippen LogP contribution in [0.3, 0.4) is 0 Å². The maximum Gasteiger partial charge on any atom is 0.327 e. The molecule has 17 heteroatoms. The van der Waals surface area contributed by atoms with E-state index in [0.717, 1.165) is 28.2 Å². The Labute approximate surface area is 311 Å². The number of rotatable bonds is 10. The van der Waals surface area contributed by atoms with Gasteiger partial charge in [-0.3, -0.25) is 24.0 Å². The second-order valence-electron chi connectivity index (χ2n) is 13.0. The summed E-state index contributed by atoms with van der Waals surface area (Å²) < 4.78 is 0. The van der Waals surface area contributed by atoms with E-state index < -0.39 is 77.9 Å². The molecule has 16 nitrogen and oxygen atoms in total. The zero-order chi connectivity index (χ0) is 38.5. The molecule has 2 heterocycles. The molecule has 4 rings (SSSR count). The van der Waals surface area contributed by atoms with Crippen molar-refractivity contribution in [3.05, 3.63) is 71.9 Å². The second-order valence-corrected chi connectivity index (χ2v) is 14.1. The molecular formula is C36H48N8O8S. The van der Waals surface area contributed by atoms with E-state index in [9.17, 15) is 39.0 Å². The van der Waals surface area contributed by atoms with E-state index in [1.54, 1.807) is 36.5 Å². The summed E-state index contributed by atoms with van der Waals surface area (Å²) in [5.41, 5.74) is 14.1. The number of amides is 5. The van der Waals surface area contributed by atoms with Gasteiger partial charge in [-0.15, -0.1) is 0 Å². The molecule has 0 aliphatic carbocycles. The summed E-state index contributed by atoms with van der Waals surface area (Å²) in [4.78, 5) is 83.8. The zero-order valence-electron chi connectivity index (χ0n) is 29.4. The van der Waals surface area contributed by atoms with Gasteiger partial charge in [0, 0.05) is 41.4 Å². The van der Waals surface area contributed by atoms with E-state index in [2.05, 4.69) is 31.6 Å². The van der Waals surface area contributed by atoms with Gasteiger partial charge >= 0.3 is 5.97 Å². The lowest BCUT2D eigenvalue weighted by Gasteiger charge is -2.27. The number of aliphatic carboxylic acids is 1. The third-order valence-corrected chi connectivity index (χ3v) is 9.99. The number of aromatic amines is 1. The number of para-hydroxylation sites is 1. The van der Waals surface area contributed by atoms with Crippen LogP contribution in [0.5, 0.6) is 0 Å². The average molecular weight is 753 g/mol. The molecule has 7 atom stereocenters. The molecule has 53 heavy (non-hydrogen) atoms. The molecule has 0 unspecified atom stereocenters. The number of carboxylic acids is 1. The van der Waals surface area contributed by atoms with Gasteiger partial charge in [0.05, 0.1) is 12.1 Å². The molecule has 286 valence electrons. The number of fused-ring (bicyclic) bond motifs is 1. The number of carboxylic acid groups (broad SMARTS) is 1. The fourth-order valence-electron chi connectivity index (χ4n) is 5.86. The van der Waals surface area contributed by atoms with Crippen molar-refractivity contribution in [3.8, 4) is 0 Å². The van der Waals surface area contributed by atoms with Gasteiger partial charge in [0.15, 0.2) is 0 Å². The maximum atomic E-state index is 14.2. The number of aliphatic hydroxyl groups is 1. The van der Waals surface area contributed by atoms with Crippen molar-refractivity contribution < 1.29 is 39.0 Å². The number of benzene rings is 2. The van der Waals surface area contributed by atoms with Crippen LogP contribution in [0.1, 0.15) is 37.3 Å². The van der Waals surface area contributed by atoms with Crippen LogP contribution in [-0.4, -0.2) is 111 Å². The van der Waals surface area contributed by atoms with Gasteiger partial charge in [0.1, 0.15) is 30.2 Å². The standard InChI is InChI=1S/C36H48N8O8S/c1-20(45)30-35(50)43-29(36(51)52)19-53-18-24(38)31(46)41-27(15-21-9-3-2-4-10-21)33(48)42-28(16-22-17-39-25-12-6-5-11-23(22)25)34(49)40-26(32(47)44-30)13-7-8-14-37/h2-6,9-12,17,20,24,26-30,39,45H,7-8,13-16,18-19,37-38H2,1H3,(H,40,49)(H,41,46)(H,42,48)(H,43,50)(H,44,47)(H,51,52)/t20-,24+,26+,27+,28-,29-,30-/m1/s1. The predicted octanol–water partition coefficient (Wildman–Crippen LogP) is -0.954. The summed E-state index contributed by atoms with van der Waals surface area (Å²) >= 11 is 0.982. The molecule has 12 N–H and O–H groups in total. The van der Waals surface area contributed by atoms with Crippen molar-refractivity contribution in [1.82, 2.24) is 31.6 Å². The predicted molar refractivity (Wildman–Crippen MR) is 199 cm³/mol. The number of hydrogen-bond donors (Lipinski definition) is 10. The van der Waals surface area contributed by atoms with Gasteiger partial charge in [-0.2, -0.15) is 11.8 Å². The Balaban J connectivity index is 1.74. The Morgan fingerprint density at radius 1 is 0.792 bits per heavy atom. The lowest BCUT2D eigenvalue weighted by Crippen LogP contribution is -2.61. The highest BCUT2D eigenvalue weighted by Crippen LogP contribution is 2.20. The molecule has 0 spiro atoms. The lowest BCUT2D eigenvalue weighted by atomic mass is 10.0. The fourth-order valence-corrected chi connectivity index (χ4v) is 6.86. The summed E-state index contributed by atoms with van der Waals surface area (Å²) in [6.45, 7) is 1.57. The minimum absolute atomic E-state index is 0.00380. The monoisotopic (exact) mass is 752 g/mol. The molecule has 1 fully saturated rings. The van der Waals surface area contributed by atoms with E-state index >= 15 is 0 Å². The van der Waals surface area contributed by atoms with Crippen LogP contribution in [0.4, 0.5) is 0 Å². The van der Waals surface area contributed by atoms with E-state index in [1.165, 1.54) is 6.92 Å². The van der Waals surface area contributed by atoms with Gasteiger partial charge < -0.3 is 53.2 Å². The van der Waals surface area contributed by atoms with Gasteiger partial charge in [0.25, 0.3) is 0 Å². The van der Waals surface area contributed by atoms with Crippen molar-refractivity contribution in [2.24, 2.45) is 11.5 Å². The molecule has 1 aliphatic rings. The second kappa shape index (κ2) is 19.8. The first kappa shape index (κ1) is 40.8. The Morgan fingerprint density at radius 2 is 1.42 bits per heavy atom. The van der Waals surface area contributed by atoms with Crippen molar-refractivity contribution >= 4 is 58.2 Å². The molecule has 2 aromatic carbocycles. The summed E-state index contributed by atoms with van der Waals surface area (Å²) in [6.07, 6.45) is 1.33. The highest BCUT2D eigenvalue weighted by molar-refractivity contribution is 7.99. The molecule has 0 saturated carbocycles. The lowest BCUT2D eigenvalue weighted by molar-refractivity contribution is -0.142. The minimum Gasteiger partial charge on any atom is -0.480 e. The molecule has 1 saturated heterocycles. The van der Waals surface area contributed by atoms with Crippen LogP contribution in [-0.2, 0) is 41.6 Å². The summed E-state index contributed by atoms with van der Waals surface area (Å²) in [5, 5.41) is 34.1. The first-order valence-electron chi connectivity index (χ1n) is 17.4. The minimum atomic E-state index is -1.58. The van der Waals surface area contributed by atoms with Crippen LogP contribution in [0, 0.1) is 0 Å². The third-order valence-electron chi connectivity index (χ3n) is 8.82. The quantitative estimate of drug-likeness (QED) is 0.113. The number of aliphatic hydroxyl groups excluding tert-OH is 1. The largest absolute Gasteiger partial charge is 0.480 e.